The highest BCUT2D eigenvalue weighted by atomic mass is 16.5. The van der Waals surface area contributed by atoms with Gasteiger partial charge in [-0.25, -0.2) is 4.79 Å². The molecule has 2 amide bonds. The number of amides is 2. The maximum atomic E-state index is 12.7. The normalized spacial score (nSPS) is 12.8. The zero-order valence-electron chi connectivity index (χ0n) is 17.7. The molecule has 0 aliphatic heterocycles. The molecule has 1 aliphatic rings. The summed E-state index contributed by atoms with van der Waals surface area (Å²) in [7, 11) is 1.37. The number of carbonyl (C=O) groups excluding carboxylic acids is 2. The fraction of sp³-hybridized carbons (Fsp3) is 0.192. The maximum Gasteiger partial charge on any atom is 0.407 e. The van der Waals surface area contributed by atoms with E-state index in [1.807, 2.05) is 66.7 Å². The molecule has 1 atom stereocenters. The Morgan fingerprint density at radius 3 is 2.12 bits per heavy atom. The Balaban J connectivity index is 1.47. The summed E-state index contributed by atoms with van der Waals surface area (Å²) < 4.78 is 5.57. The van der Waals surface area contributed by atoms with Gasteiger partial charge in [0.1, 0.15) is 12.6 Å². The number of alkyl carbamates (subject to hydrolysis) is 1. The molecule has 1 N–H and O–H groups in total. The van der Waals surface area contributed by atoms with Crippen LogP contribution in [0.3, 0.4) is 0 Å². The van der Waals surface area contributed by atoms with E-state index < -0.39 is 18.0 Å². The molecule has 32 heavy (non-hydrogen) atoms. The molecule has 0 bridgehead atoms. The van der Waals surface area contributed by atoms with Crippen LogP contribution in [0.5, 0.6) is 0 Å². The molecular weight excluding hydrogens is 402 g/mol. The summed E-state index contributed by atoms with van der Waals surface area (Å²) in [5.41, 5.74) is 5.39. The fourth-order valence-corrected chi connectivity index (χ4v) is 4.12. The molecule has 4 rings (SSSR count). The Labute approximate surface area is 187 Å². The van der Waals surface area contributed by atoms with Crippen molar-refractivity contribution in [3.63, 3.8) is 0 Å². The molecule has 0 spiro atoms. The van der Waals surface area contributed by atoms with Crippen molar-refractivity contribution >= 4 is 12.0 Å². The van der Waals surface area contributed by atoms with Crippen molar-refractivity contribution in [2.24, 2.45) is 0 Å². The van der Waals surface area contributed by atoms with E-state index in [1.165, 1.54) is 7.05 Å². The van der Waals surface area contributed by atoms with E-state index in [0.717, 1.165) is 32.7 Å². The lowest BCUT2D eigenvalue weighted by Gasteiger charge is -2.21. The summed E-state index contributed by atoms with van der Waals surface area (Å²) in [5, 5.41) is 11.7. The Morgan fingerprint density at radius 1 is 0.969 bits per heavy atom. The molecule has 3 aromatic carbocycles. The second-order valence-corrected chi connectivity index (χ2v) is 7.71. The van der Waals surface area contributed by atoms with Gasteiger partial charge in [0.15, 0.2) is 6.19 Å². The number of carbonyl (C=O) groups is 2. The second kappa shape index (κ2) is 9.36. The number of hydrogen-bond acceptors (Lipinski definition) is 4. The molecule has 0 radical (unpaired) electrons. The molecule has 160 valence electrons. The number of hydrogen-bond donors (Lipinski definition) is 1. The molecule has 0 fully saturated rings. The van der Waals surface area contributed by atoms with Crippen LogP contribution < -0.4 is 5.32 Å². The van der Waals surface area contributed by atoms with Gasteiger partial charge in [0.25, 0.3) is 5.91 Å². The first kappa shape index (κ1) is 21.1. The van der Waals surface area contributed by atoms with E-state index in [1.54, 1.807) is 6.19 Å². The largest absolute Gasteiger partial charge is 0.449 e. The molecule has 0 saturated heterocycles. The first-order valence-electron chi connectivity index (χ1n) is 10.4. The van der Waals surface area contributed by atoms with E-state index in [9.17, 15) is 9.59 Å². The predicted octanol–water partition coefficient (Wildman–Crippen LogP) is 4.08. The second-order valence-electron chi connectivity index (χ2n) is 7.71. The number of nitriles is 1. The highest BCUT2D eigenvalue weighted by Crippen LogP contribution is 2.44. The van der Waals surface area contributed by atoms with E-state index in [-0.39, 0.29) is 18.9 Å². The number of rotatable bonds is 6. The van der Waals surface area contributed by atoms with Gasteiger partial charge in [-0.05, 0) is 27.8 Å². The van der Waals surface area contributed by atoms with Crippen LogP contribution in [-0.4, -0.2) is 36.6 Å². The van der Waals surface area contributed by atoms with Crippen LogP contribution in [0.15, 0.2) is 78.9 Å². The molecule has 0 aromatic heterocycles. The van der Waals surface area contributed by atoms with Crippen LogP contribution in [0.25, 0.3) is 11.1 Å². The first-order valence-corrected chi connectivity index (χ1v) is 10.4. The van der Waals surface area contributed by atoms with Crippen molar-refractivity contribution in [2.75, 3.05) is 13.7 Å². The average Bonchev–Trinajstić information content (AvgIpc) is 3.15. The first-order chi connectivity index (χ1) is 15.6. The average molecular weight is 425 g/mol. The molecule has 3 aromatic rings. The lowest BCUT2D eigenvalue weighted by Crippen LogP contribution is -2.47. The standard InChI is InChI=1S/C26H23N3O3/c1-29(17-27)25(30)24(15-18-9-3-2-4-10-18)28-26(31)32-16-23-21-13-7-5-11-19(21)20-12-6-8-14-22(20)23/h2-14,23-24H,15-16H2,1H3,(H,28,31). The lowest BCUT2D eigenvalue weighted by atomic mass is 9.98. The van der Waals surface area contributed by atoms with Gasteiger partial charge in [0.05, 0.1) is 0 Å². The van der Waals surface area contributed by atoms with Crippen molar-refractivity contribution in [2.45, 2.75) is 18.4 Å². The van der Waals surface area contributed by atoms with Crippen molar-refractivity contribution in [1.82, 2.24) is 10.2 Å². The van der Waals surface area contributed by atoms with Gasteiger partial charge in [0.2, 0.25) is 0 Å². The highest BCUT2D eigenvalue weighted by molar-refractivity contribution is 5.87. The topological polar surface area (TPSA) is 82.4 Å². The third kappa shape index (κ3) is 4.33. The Hall–Kier alpha value is -4.11. The highest BCUT2D eigenvalue weighted by Gasteiger charge is 2.30. The van der Waals surface area contributed by atoms with Gasteiger partial charge in [-0.2, -0.15) is 5.26 Å². The third-order valence-corrected chi connectivity index (χ3v) is 5.70. The zero-order chi connectivity index (χ0) is 22.5. The minimum atomic E-state index is -0.905. The number of fused-ring (bicyclic) bond motifs is 3. The van der Waals surface area contributed by atoms with Crippen LogP contribution >= 0.6 is 0 Å². The molecule has 6 nitrogen and oxygen atoms in total. The molecule has 1 aliphatic carbocycles. The summed E-state index contributed by atoms with van der Waals surface area (Å²) in [4.78, 5) is 26.2. The number of ether oxygens (including phenoxy) is 1. The molecule has 0 heterocycles. The van der Waals surface area contributed by atoms with Crippen LogP contribution in [0.4, 0.5) is 4.79 Å². The summed E-state index contributed by atoms with van der Waals surface area (Å²) in [5.74, 6) is -0.567. The quantitative estimate of drug-likeness (QED) is 0.477. The summed E-state index contributed by atoms with van der Waals surface area (Å²) in [6.07, 6.45) is 1.37. The molecule has 6 heteroatoms. The van der Waals surface area contributed by atoms with Gasteiger partial charge in [-0.15, -0.1) is 0 Å². The minimum Gasteiger partial charge on any atom is -0.449 e. The molecular formula is C26H23N3O3. The van der Waals surface area contributed by atoms with Crippen molar-refractivity contribution in [3.05, 3.63) is 95.6 Å². The minimum absolute atomic E-state index is 0.0711. The van der Waals surface area contributed by atoms with Crippen molar-refractivity contribution < 1.29 is 14.3 Å². The number of likely N-dealkylation sites (N-methyl/N-ethyl adjacent to an activating group) is 1. The van der Waals surface area contributed by atoms with E-state index in [2.05, 4.69) is 17.4 Å². The number of nitrogens with zero attached hydrogens (tertiary/aromatic N) is 2. The number of nitrogens with one attached hydrogen (secondary N) is 1. The fourth-order valence-electron chi connectivity index (χ4n) is 4.12. The predicted molar refractivity (Wildman–Crippen MR) is 121 cm³/mol. The smallest absolute Gasteiger partial charge is 0.407 e. The van der Waals surface area contributed by atoms with Crippen LogP contribution in [0.2, 0.25) is 0 Å². The van der Waals surface area contributed by atoms with Gasteiger partial charge < -0.3 is 10.1 Å². The lowest BCUT2D eigenvalue weighted by molar-refractivity contribution is -0.129. The maximum absolute atomic E-state index is 12.7. The van der Waals surface area contributed by atoms with E-state index >= 15 is 0 Å². The third-order valence-electron chi connectivity index (χ3n) is 5.70. The van der Waals surface area contributed by atoms with Gasteiger partial charge in [0, 0.05) is 19.4 Å². The Bertz CT molecular complexity index is 1120. The summed E-state index contributed by atoms with van der Waals surface area (Å²) in [6, 6.07) is 24.6. The Kier molecular flexibility index (Phi) is 6.18. The van der Waals surface area contributed by atoms with Gasteiger partial charge >= 0.3 is 6.09 Å². The number of benzene rings is 3. The van der Waals surface area contributed by atoms with Crippen LogP contribution in [0, 0.1) is 11.5 Å². The summed E-state index contributed by atoms with van der Waals surface area (Å²) >= 11 is 0. The molecule has 1 unspecified atom stereocenters. The van der Waals surface area contributed by atoms with Crippen LogP contribution in [-0.2, 0) is 16.0 Å². The summed E-state index contributed by atoms with van der Waals surface area (Å²) in [6.45, 7) is 0.153. The van der Waals surface area contributed by atoms with E-state index in [4.69, 9.17) is 10.00 Å². The van der Waals surface area contributed by atoms with Crippen molar-refractivity contribution in [1.29, 1.82) is 5.26 Å². The van der Waals surface area contributed by atoms with Crippen LogP contribution in [0.1, 0.15) is 22.6 Å². The monoisotopic (exact) mass is 425 g/mol. The van der Waals surface area contributed by atoms with Crippen molar-refractivity contribution in [3.8, 4) is 17.3 Å². The molecule has 0 saturated carbocycles. The van der Waals surface area contributed by atoms with Gasteiger partial charge in [-0.3, -0.25) is 9.69 Å². The SMILES string of the molecule is CN(C#N)C(=O)C(Cc1ccccc1)NC(=O)OCC1c2ccccc2-c2ccccc21. The van der Waals surface area contributed by atoms with Gasteiger partial charge in [-0.1, -0.05) is 78.9 Å². The van der Waals surface area contributed by atoms with E-state index in [0.29, 0.717) is 0 Å². The Morgan fingerprint density at radius 2 is 1.53 bits per heavy atom. The zero-order valence-corrected chi connectivity index (χ0v) is 17.7.